The van der Waals surface area contributed by atoms with Crippen LogP contribution in [0.4, 0.5) is 5.13 Å². The van der Waals surface area contributed by atoms with E-state index in [2.05, 4.69) is 15.2 Å². The minimum absolute atomic E-state index is 0.0141. The first-order valence-corrected chi connectivity index (χ1v) is 8.70. The summed E-state index contributed by atoms with van der Waals surface area (Å²) in [4.78, 5) is 4.90. The molecular weight excluding hydrogens is 292 g/mol. The maximum absolute atomic E-state index is 11.7. The molecule has 0 unspecified atom stereocenters. The molecule has 0 amide bonds. The van der Waals surface area contributed by atoms with Gasteiger partial charge >= 0.3 is 0 Å². The van der Waals surface area contributed by atoms with E-state index in [4.69, 9.17) is 5.73 Å². The molecule has 0 aliphatic carbocycles. The van der Waals surface area contributed by atoms with Crippen molar-refractivity contribution < 1.29 is 8.42 Å². The highest BCUT2D eigenvalue weighted by Gasteiger charge is 2.15. The molecule has 0 aliphatic heterocycles. The molecule has 98 valence electrons. The van der Waals surface area contributed by atoms with E-state index in [9.17, 15) is 8.42 Å². The Kier molecular flexibility index (Phi) is 3.93. The number of rotatable bonds is 5. The van der Waals surface area contributed by atoms with Crippen molar-refractivity contribution in [1.29, 1.82) is 0 Å². The number of nitrogen functional groups attached to an aromatic ring is 1. The number of hydrogen-bond donors (Lipinski definition) is 1. The Morgan fingerprint density at radius 1 is 1.33 bits per heavy atom. The smallest absolute Gasteiger partial charge is 0.203 e. The van der Waals surface area contributed by atoms with Gasteiger partial charge in [-0.1, -0.05) is 18.3 Å². The predicted octanol–water partition coefficient (Wildman–Crippen LogP) is 1.57. The lowest BCUT2D eigenvalue weighted by Crippen LogP contribution is -2.08. The summed E-state index contributed by atoms with van der Waals surface area (Å²) < 4.78 is 23.3. The molecule has 0 bridgehead atoms. The average molecular weight is 304 g/mol. The number of nitrogens with zero attached hydrogens (tertiary/aromatic N) is 3. The van der Waals surface area contributed by atoms with E-state index in [0.717, 1.165) is 4.88 Å². The largest absolute Gasteiger partial charge is 0.374 e. The van der Waals surface area contributed by atoms with E-state index in [0.29, 0.717) is 21.6 Å². The lowest BCUT2D eigenvalue weighted by atomic mass is 10.6. The van der Waals surface area contributed by atoms with E-state index in [1.165, 1.54) is 22.7 Å². The van der Waals surface area contributed by atoms with Gasteiger partial charge in [0.2, 0.25) is 5.13 Å². The van der Waals surface area contributed by atoms with Crippen LogP contribution in [0.15, 0.2) is 6.20 Å². The monoisotopic (exact) mass is 304 g/mol. The summed E-state index contributed by atoms with van der Waals surface area (Å²) in [7, 11) is -3.06. The topological polar surface area (TPSA) is 98.8 Å². The van der Waals surface area contributed by atoms with Gasteiger partial charge < -0.3 is 5.73 Å². The average Bonchev–Trinajstić information content (AvgIpc) is 2.86. The van der Waals surface area contributed by atoms with Crippen LogP contribution in [-0.2, 0) is 15.6 Å². The second-order valence-electron chi connectivity index (χ2n) is 3.66. The van der Waals surface area contributed by atoms with Crippen LogP contribution in [0.3, 0.4) is 0 Å². The summed E-state index contributed by atoms with van der Waals surface area (Å²) in [6.07, 6.45) is 2.23. The normalized spacial score (nSPS) is 11.8. The van der Waals surface area contributed by atoms with Gasteiger partial charge in [0.1, 0.15) is 10.8 Å². The summed E-state index contributed by atoms with van der Waals surface area (Å²) >= 11 is 2.57. The molecule has 0 fully saturated rings. The van der Waals surface area contributed by atoms with Gasteiger partial charge in [-0.2, -0.15) is 0 Å². The number of sulfone groups is 1. The Labute approximate surface area is 113 Å². The zero-order valence-corrected chi connectivity index (χ0v) is 12.1. The number of thiazole rings is 1. The molecule has 0 radical (unpaired) electrons. The molecule has 0 spiro atoms. The number of anilines is 1. The SMILES string of the molecule is CCCS(=O)(=O)Cc1ncc(-c2nnc(N)s2)s1. The highest BCUT2D eigenvalue weighted by Crippen LogP contribution is 2.30. The van der Waals surface area contributed by atoms with Crippen molar-refractivity contribution in [2.24, 2.45) is 0 Å². The minimum atomic E-state index is -3.06. The number of nitrogens with two attached hydrogens (primary N) is 1. The quantitative estimate of drug-likeness (QED) is 0.900. The molecule has 2 rings (SSSR count). The summed E-state index contributed by atoms with van der Waals surface area (Å²) in [5.41, 5.74) is 5.50. The molecular formula is C9H12N4O2S3. The second-order valence-corrected chi connectivity index (χ2v) is 7.96. The molecule has 0 saturated carbocycles. The fraction of sp³-hybridized carbons (Fsp3) is 0.444. The predicted molar refractivity (Wildman–Crippen MR) is 73.2 cm³/mol. The van der Waals surface area contributed by atoms with Gasteiger partial charge in [-0.25, -0.2) is 13.4 Å². The summed E-state index contributed by atoms with van der Waals surface area (Å²) in [5.74, 6) is 0.174. The van der Waals surface area contributed by atoms with Gasteiger partial charge in [-0.15, -0.1) is 21.5 Å². The molecule has 2 N–H and O–H groups in total. The van der Waals surface area contributed by atoms with E-state index in [1.807, 2.05) is 6.92 Å². The highest BCUT2D eigenvalue weighted by molar-refractivity contribution is 7.90. The van der Waals surface area contributed by atoms with Crippen molar-refractivity contribution in [3.8, 4) is 9.88 Å². The number of hydrogen-bond acceptors (Lipinski definition) is 8. The molecule has 0 aliphatic rings. The Balaban J connectivity index is 2.16. The molecule has 2 heterocycles. The molecule has 2 aromatic heterocycles. The van der Waals surface area contributed by atoms with Crippen LogP contribution < -0.4 is 5.73 Å². The fourth-order valence-corrected chi connectivity index (χ4v) is 4.73. The van der Waals surface area contributed by atoms with Gasteiger partial charge in [0.05, 0.1) is 10.6 Å². The Morgan fingerprint density at radius 2 is 2.11 bits per heavy atom. The van der Waals surface area contributed by atoms with Crippen LogP contribution in [0.1, 0.15) is 18.4 Å². The van der Waals surface area contributed by atoms with Crippen molar-refractivity contribution in [1.82, 2.24) is 15.2 Å². The van der Waals surface area contributed by atoms with Crippen molar-refractivity contribution in [2.45, 2.75) is 19.1 Å². The van der Waals surface area contributed by atoms with Crippen molar-refractivity contribution >= 4 is 37.6 Å². The van der Waals surface area contributed by atoms with E-state index in [-0.39, 0.29) is 11.5 Å². The second kappa shape index (κ2) is 5.29. The zero-order chi connectivity index (χ0) is 13.2. The number of aromatic nitrogens is 3. The standard InChI is InChI=1S/C9H12N4O2S3/c1-2-3-18(14,15)5-7-11-4-6(16-7)8-12-13-9(10)17-8/h4H,2-3,5H2,1H3,(H2,10,13). The van der Waals surface area contributed by atoms with E-state index < -0.39 is 9.84 Å². The van der Waals surface area contributed by atoms with Crippen LogP contribution in [0.5, 0.6) is 0 Å². The van der Waals surface area contributed by atoms with Crippen molar-refractivity contribution in [2.75, 3.05) is 11.5 Å². The third-order valence-electron chi connectivity index (χ3n) is 2.06. The van der Waals surface area contributed by atoms with Crippen LogP contribution in [0.2, 0.25) is 0 Å². The lowest BCUT2D eigenvalue weighted by molar-refractivity contribution is 0.594. The van der Waals surface area contributed by atoms with E-state index in [1.54, 1.807) is 6.20 Å². The van der Waals surface area contributed by atoms with Crippen LogP contribution in [0.25, 0.3) is 9.88 Å². The maximum atomic E-state index is 11.7. The summed E-state index contributed by atoms with van der Waals surface area (Å²) in [6.45, 7) is 1.84. The molecule has 0 saturated heterocycles. The van der Waals surface area contributed by atoms with Gasteiger partial charge in [0.15, 0.2) is 14.8 Å². The molecule has 0 aromatic carbocycles. The van der Waals surface area contributed by atoms with Gasteiger partial charge in [-0.05, 0) is 6.42 Å². The first kappa shape index (κ1) is 13.4. The minimum Gasteiger partial charge on any atom is -0.374 e. The Bertz CT molecular complexity index is 632. The molecule has 18 heavy (non-hydrogen) atoms. The molecule has 6 nitrogen and oxygen atoms in total. The Hall–Kier alpha value is -1.06. The zero-order valence-electron chi connectivity index (χ0n) is 9.66. The van der Waals surface area contributed by atoms with Crippen molar-refractivity contribution in [3.63, 3.8) is 0 Å². The highest BCUT2D eigenvalue weighted by atomic mass is 32.2. The molecule has 2 aromatic rings. The van der Waals surface area contributed by atoms with Crippen LogP contribution in [-0.4, -0.2) is 29.4 Å². The van der Waals surface area contributed by atoms with E-state index >= 15 is 0 Å². The third kappa shape index (κ3) is 3.24. The first-order chi connectivity index (χ1) is 8.50. The van der Waals surface area contributed by atoms with Gasteiger partial charge in [0.25, 0.3) is 0 Å². The molecule has 9 heteroatoms. The summed E-state index contributed by atoms with van der Waals surface area (Å²) in [6, 6.07) is 0. The maximum Gasteiger partial charge on any atom is 0.203 e. The van der Waals surface area contributed by atoms with Crippen LogP contribution in [0, 0.1) is 0 Å². The lowest BCUT2D eigenvalue weighted by Gasteiger charge is -1.98. The Morgan fingerprint density at radius 3 is 2.72 bits per heavy atom. The fourth-order valence-electron chi connectivity index (χ4n) is 1.38. The van der Waals surface area contributed by atoms with Crippen LogP contribution >= 0.6 is 22.7 Å². The first-order valence-electron chi connectivity index (χ1n) is 5.24. The summed E-state index contributed by atoms with van der Waals surface area (Å²) in [5, 5.41) is 9.24. The van der Waals surface area contributed by atoms with Gasteiger partial charge in [0, 0.05) is 6.20 Å². The van der Waals surface area contributed by atoms with Gasteiger partial charge in [-0.3, -0.25) is 0 Å². The third-order valence-corrected chi connectivity index (χ3v) is 5.91. The molecule has 0 atom stereocenters. The van der Waals surface area contributed by atoms with Crippen molar-refractivity contribution in [3.05, 3.63) is 11.2 Å².